The molecule has 2 aromatic rings. The quantitative estimate of drug-likeness (QED) is 0.621. The average Bonchev–Trinajstić information content (AvgIpc) is 2.80. The van der Waals surface area contributed by atoms with Crippen molar-refractivity contribution in [2.75, 3.05) is 19.6 Å². The molecule has 1 fully saturated rings. The first-order valence-corrected chi connectivity index (χ1v) is 11.7. The number of nitrogens with one attached hydrogen (secondary N) is 1. The third kappa shape index (κ3) is 6.11. The third-order valence-corrected chi connectivity index (χ3v) is 7.16. The highest BCUT2D eigenvalue weighted by Crippen LogP contribution is 2.24. The molecule has 0 saturated carbocycles. The van der Waals surface area contributed by atoms with Gasteiger partial charge in [-0.25, -0.2) is 8.42 Å². The fourth-order valence-corrected chi connectivity index (χ4v) is 4.86. The lowest BCUT2D eigenvalue weighted by molar-refractivity contribution is -0.159. The highest BCUT2D eigenvalue weighted by Gasteiger charge is 2.34. The maximum Gasteiger partial charge on any atom is 0.309 e. The average molecular weight is 446 g/mol. The zero-order valence-corrected chi connectivity index (χ0v) is 18.3. The molecule has 0 bridgehead atoms. The minimum absolute atomic E-state index is 0.136. The second-order valence-electron chi connectivity index (χ2n) is 7.47. The van der Waals surface area contributed by atoms with E-state index in [-0.39, 0.29) is 23.9 Å². The number of nitrogens with zero attached hydrogens (tertiary/aromatic N) is 2. The number of aromatic nitrogens is 1. The number of hydrogen-bond acceptors (Lipinski definition) is 6. The molecule has 0 aliphatic carbocycles. The number of amides is 1. The van der Waals surface area contributed by atoms with Crippen LogP contribution in [0, 0.1) is 5.92 Å². The lowest BCUT2D eigenvalue weighted by Crippen LogP contribution is -2.42. The van der Waals surface area contributed by atoms with E-state index in [1.807, 2.05) is 30.3 Å². The number of hydrogen-bond donors (Lipinski definition) is 1. The molecule has 3 rings (SSSR count). The number of carbonyl (C=O) groups is 2. The Kier molecular flexibility index (Phi) is 7.75. The van der Waals surface area contributed by atoms with Crippen LogP contribution in [0.15, 0.2) is 59.8 Å². The van der Waals surface area contributed by atoms with Crippen molar-refractivity contribution in [3.8, 4) is 0 Å². The lowest BCUT2D eigenvalue weighted by Gasteiger charge is -2.30. The fraction of sp³-hybridized carbons (Fsp3) is 0.409. The summed E-state index contributed by atoms with van der Waals surface area (Å²) in [7, 11) is -3.63. The van der Waals surface area contributed by atoms with E-state index in [9.17, 15) is 18.0 Å². The predicted molar refractivity (Wildman–Crippen MR) is 114 cm³/mol. The molecule has 166 valence electrons. The van der Waals surface area contributed by atoms with E-state index in [4.69, 9.17) is 4.74 Å². The minimum atomic E-state index is -3.63. The molecule has 31 heavy (non-hydrogen) atoms. The zero-order chi connectivity index (χ0) is 22.3. The molecule has 1 amide bonds. The SMILES string of the molecule is CC(OC(=O)C1CCN(S(=O)(=O)c2cccnc2)CC1)C(=O)NCCc1ccccc1. The summed E-state index contributed by atoms with van der Waals surface area (Å²) in [4.78, 5) is 28.7. The summed E-state index contributed by atoms with van der Waals surface area (Å²) in [6, 6.07) is 12.9. The Labute approximate surface area is 182 Å². The number of esters is 1. The first-order valence-electron chi connectivity index (χ1n) is 10.3. The van der Waals surface area contributed by atoms with Gasteiger partial charge in [-0.1, -0.05) is 30.3 Å². The first kappa shape index (κ1) is 22.9. The van der Waals surface area contributed by atoms with Crippen molar-refractivity contribution in [3.05, 3.63) is 60.4 Å². The molecule has 1 aliphatic heterocycles. The van der Waals surface area contributed by atoms with Crippen molar-refractivity contribution < 1.29 is 22.7 Å². The summed E-state index contributed by atoms with van der Waals surface area (Å²) in [5, 5.41) is 2.77. The Balaban J connectivity index is 1.43. The van der Waals surface area contributed by atoms with Crippen LogP contribution in [0.1, 0.15) is 25.3 Å². The number of benzene rings is 1. The molecule has 0 radical (unpaired) electrons. The lowest BCUT2D eigenvalue weighted by atomic mass is 9.98. The summed E-state index contributed by atoms with van der Waals surface area (Å²) >= 11 is 0. The van der Waals surface area contributed by atoms with Gasteiger partial charge >= 0.3 is 5.97 Å². The molecule has 1 unspecified atom stereocenters. The molecule has 9 heteroatoms. The number of rotatable bonds is 8. The smallest absolute Gasteiger partial charge is 0.309 e. The highest BCUT2D eigenvalue weighted by molar-refractivity contribution is 7.89. The van der Waals surface area contributed by atoms with Crippen LogP contribution in [0.5, 0.6) is 0 Å². The predicted octanol–water partition coefficient (Wildman–Crippen LogP) is 1.77. The third-order valence-electron chi connectivity index (χ3n) is 5.28. The molecule has 1 aromatic carbocycles. The second-order valence-corrected chi connectivity index (χ2v) is 9.41. The molecule has 1 atom stereocenters. The van der Waals surface area contributed by atoms with E-state index < -0.39 is 28.0 Å². The molecule has 1 aliphatic rings. The van der Waals surface area contributed by atoms with Crippen LogP contribution < -0.4 is 5.32 Å². The number of sulfonamides is 1. The molecular formula is C22H27N3O5S. The number of ether oxygens (including phenoxy) is 1. The number of piperidine rings is 1. The zero-order valence-electron chi connectivity index (χ0n) is 17.4. The monoisotopic (exact) mass is 445 g/mol. The standard InChI is InChI=1S/C22H27N3O5S/c1-17(21(26)24-13-9-18-6-3-2-4-7-18)30-22(27)19-10-14-25(15-11-19)31(28,29)20-8-5-12-23-16-20/h2-8,12,16-17,19H,9-11,13-15H2,1H3,(H,24,26). The first-order chi connectivity index (χ1) is 14.9. The van der Waals surface area contributed by atoms with E-state index in [1.165, 1.54) is 29.7 Å². The summed E-state index contributed by atoms with van der Waals surface area (Å²) < 4.78 is 32.0. The van der Waals surface area contributed by atoms with Gasteiger partial charge < -0.3 is 10.1 Å². The van der Waals surface area contributed by atoms with Crippen molar-refractivity contribution in [2.24, 2.45) is 5.92 Å². The van der Waals surface area contributed by atoms with Crippen LogP contribution in [0.4, 0.5) is 0 Å². The largest absolute Gasteiger partial charge is 0.452 e. The van der Waals surface area contributed by atoms with Gasteiger partial charge in [0, 0.05) is 32.0 Å². The van der Waals surface area contributed by atoms with Gasteiger partial charge in [-0.3, -0.25) is 14.6 Å². The van der Waals surface area contributed by atoms with Crippen molar-refractivity contribution in [2.45, 2.75) is 37.2 Å². The molecule has 8 nitrogen and oxygen atoms in total. The van der Waals surface area contributed by atoms with Gasteiger partial charge in [0.15, 0.2) is 6.10 Å². The Morgan fingerprint density at radius 2 is 1.87 bits per heavy atom. The Bertz CT molecular complexity index is 975. The molecule has 1 saturated heterocycles. The van der Waals surface area contributed by atoms with Gasteiger partial charge in [0.25, 0.3) is 5.91 Å². The van der Waals surface area contributed by atoms with Gasteiger partial charge in [-0.2, -0.15) is 4.31 Å². The van der Waals surface area contributed by atoms with E-state index >= 15 is 0 Å². The highest BCUT2D eigenvalue weighted by atomic mass is 32.2. The van der Waals surface area contributed by atoms with Crippen LogP contribution in [0.25, 0.3) is 0 Å². The van der Waals surface area contributed by atoms with Crippen LogP contribution in [-0.2, 0) is 30.8 Å². The maximum absolute atomic E-state index is 12.7. The second kappa shape index (κ2) is 10.5. The van der Waals surface area contributed by atoms with Crippen molar-refractivity contribution >= 4 is 21.9 Å². The number of carbonyl (C=O) groups excluding carboxylic acids is 2. The van der Waals surface area contributed by atoms with E-state index in [0.717, 1.165) is 5.56 Å². The van der Waals surface area contributed by atoms with Crippen LogP contribution >= 0.6 is 0 Å². The normalized spacial score (nSPS) is 16.4. The summed E-state index contributed by atoms with van der Waals surface area (Å²) in [5.74, 6) is -1.25. The van der Waals surface area contributed by atoms with E-state index in [2.05, 4.69) is 10.3 Å². The van der Waals surface area contributed by atoms with Crippen molar-refractivity contribution in [1.29, 1.82) is 0 Å². The summed E-state index contributed by atoms with van der Waals surface area (Å²) in [5.41, 5.74) is 1.11. The topological polar surface area (TPSA) is 106 Å². The van der Waals surface area contributed by atoms with E-state index in [1.54, 1.807) is 6.07 Å². The molecule has 1 N–H and O–H groups in total. The van der Waals surface area contributed by atoms with Crippen molar-refractivity contribution in [1.82, 2.24) is 14.6 Å². The van der Waals surface area contributed by atoms with Crippen LogP contribution in [-0.4, -0.2) is 55.3 Å². The van der Waals surface area contributed by atoms with Gasteiger partial charge in [-0.05, 0) is 43.9 Å². The Morgan fingerprint density at radius 3 is 2.52 bits per heavy atom. The molecule has 0 spiro atoms. The Hall–Kier alpha value is -2.78. The molecule has 2 heterocycles. The number of pyridine rings is 1. The molecular weight excluding hydrogens is 418 g/mol. The maximum atomic E-state index is 12.7. The minimum Gasteiger partial charge on any atom is -0.452 e. The van der Waals surface area contributed by atoms with Gasteiger partial charge in [0.1, 0.15) is 4.90 Å². The van der Waals surface area contributed by atoms with Crippen molar-refractivity contribution in [3.63, 3.8) is 0 Å². The van der Waals surface area contributed by atoms with Crippen LogP contribution in [0.2, 0.25) is 0 Å². The summed E-state index contributed by atoms with van der Waals surface area (Å²) in [6.45, 7) is 2.43. The van der Waals surface area contributed by atoms with Gasteiger partial charge in [-0.15, -0.1) is 0 Å². The fourth-order valence-electron chi connectivity index (χ4n) is 3.42. The van der Waals surface area contributed by atoms with Crippen LogP contribution in [0.3, 0.4) is 0 Å². The van der Waals surface area contributed by atoms with Gasteiger partial charge in [0.2, 0.25) is 10.0 Å². The molecule has 1 aromatic heterocycles. The summed E-state index contributed by atoms with van der Waals surface area (Å²) in [6.07, 6.45) is 3.31. The van der Waals surface area contributed by atoms with E-state index in [0.29, 0.717) is 25.8 Å². The van der Waals surface area contributed by atoms with Gasteiger partial charge in [0.05, 0.1) is 5.92 Å². The Morgan fingerprint density at radius 1 is 1.16 bits per heavy atom.